The number of rotatable bonds is 3. The van der Waals surface area contributed by atoms with Crippen LogP contribution in [0.2, 0.25) is 0 Å². The van der Waals surface area contributed by atoms with Crippen molar-refractivity contribution >= 4 is 0 Å². The highest BCUT2D eigenvalue weighted by molar-refractivity contribution is 4.89. The van der Waals surface area contributed by atoms with Gasteiger partial charge in [-0.2, -0.15) is 0 Å². The molecule has 0 aliphatic carbocycles. The zero-order chi connectivity index (χ0) is 8.86. The summed E-state index contributed by atoms with van der Waals surface area (Å²) < 4.78 is 5.31. The number of nitrogens with one attached hydrogen (secondary N) is 1. The average molecular weight is 169 g/mol. The molecular weight excluding hydrogens is 150 g/mol. The van der Waals surface area contributed by atoms with Gasteiger partial charge in [0, 0.05) is 25.3 Å². The molecule has 70 valence electrons. The predicted molar refractivity (Wildman–Crippen MR) is 51.3 cm³/mol. The van der Waals surface area contributed by atoms with Gasteiger partial charge in [0.1, 0.15) is 0 Å². The predicted octanol–water partition coefficient (Wildman–Crippen LogP) is 1.72. The summed E-state index contributed by atoms with van der Waals surface area (Å²) in [6, 6.07) is 0. The van der Waals surface area contributed by atoms with Crippen LogP contribution in [0.4, 0.5) is 0 Å². The van der Waals surface area contributed by atoms with Crippen LogP contribution in [0.5, 0.6) is 0 Å². The van der Waals surface area contributed by atoms with Gasteiger partial charge in [0.05, 0.1) is 0 Å². The quantitative estimate of drug-likeness (QED) is 0.649. The largest absolute Gasteiger partial charge is 0.381 e. The lowest BCUT2D eigenvalue weighted by molar-refractivity contribution is 0.0467. The molecule has 1 aliphatic rings. The first-order chi connectivity index (χ1) is 5.77. The van der Waals surface area contributed by atoms with Gasteiger partial charge in [-0.15, -0.1) is 0 Å². The van der Waals surface area contributed by atoms with Crippen LogP contribution in [0.25, 0.3) is 0 Å². The summed E-state index contributed by atoms with van der Waals surface area (Å²) in [6.07, 6.45) is 6.49. The summed E-state index contributed by atoms with van der Waals surface area (Å²) >= 11 is 0. The van der Waals surface area contributed by atoms with Gasteiger partial charge in [0.25, 0.3) is 0 Å². The van der Waals surface area contributed by atoms with Gasteiger partial charge in [-0.3, -0.25) is 0 Å². The molecule has 0 amide bonds. The highest BCUT2D eigenvalue weighted by atomic mass is 16.5. The fourth-order valence-corrected chi connectivity index (χ4v) is 1.42. The van der Waals surface area contributed by atoms with E-state index in [1.807, 2.05) is 6.92 Å². The van der Waals surface area contributed by atoms with Crippen LogP contribution >= 0.6 is 0 Å². The van der Waals surface area contributed by atoms with Crippen LogP contribution in [-0.4, -0.2) is 25.3 Å². The van der Waals surface area contributed by atoms with E-state index in [4.69, 9.17) is 4.74 Å². The van der Waals surface area contributed by atoms with Gasteiger partial charge >= 0.3 is 0 Å². The molecule has 2 nitrogen and oxygen atoms in total. The Kier molecular flexibility index (Phi) is 3.76. The summed E-state index contributed by atoms with van der Waals surface area (Å²) in [5, 5.41) is 3.53. The molecule has 0 atom stereocenters. The third-order valence-electron chi connectivity index (χ3n) is 2.48. The van der Waals surface area contributed by atoms with Gasteiger partial charge in [0.2, 0.25) is 0 Å². The molecule has 1 rings (SSSR count). The molecular formula is C10H19NO. The molecule has 1 saturated heterocycles. The summed E-state index contributed by atoms with van der Waals surface area (Å²) in [5.74, 6) is 0. The fraction of sp³-hybridized carbons (Fsp3) is 0.800. The molecule has 1 fully saturated rings. The Bertz CT molecular complexity index is 148. The van der Waals surface area contributed by atoms with Crippen LogP contribution < -0.4 is 5.32 Å². The SMILES string of the molecule is C/C=C/CNC1(C)CCOCC1. The van der Waals surface area contributed by atoms with Crippen molar-refractivity contribution in [1.29, 1.82) is 0 Å². The van der Waals surface area contributed by atoms with Crippen molar-refractivity contribution in [2.45, 2.75) is 32.2 Å². The Labute approximate surface area is 75.0 Å². The van der Waals surface area contributed by atoms with E-state index in [0.29, 0.717) is 5.54 Å². The van der Waals surface area contributed by atoms with Crippen molar-refractivity contribution in [2.24, 2.45) is 0 Å². The molecule has 0 radical (unpaired) electrons. The van der Waals surface area contributed by atoms with E-state index in [9.17, 15) is 0 Å². The zero-order valence-corrected chi connectivity index (χ0v) is 8.10. The lowest BCUT2D eigenvalue weighted by atomic mass is 9.92. The fourth-order valence-electron chi connectivity index (χ4n) is 1.42. The Morgan fingerprint density at radius 3 is 2.67 bits per heavy atom. The maximum absolute atomic E-state index is 5.31. The minimum atomic E-state index is 0.303. The summed E-state index contributed by atoms with van der Waals surface area (Å²) in [5.41, 5.74) is 0.303. The van der Waals surface area contributed by atoms with E-state index < -0.39 is 0 Å². The van der Waals surface area contributed by atoms with E-state index in [1.54, 1.807) is 0 Å². The van der Waals surface area contributed by atoms with Gasteiger partial charge < -0.3 is 10.1 Å². The first-order valence-electron chi connectivity index (χ1n) is 4.71. The second-order valence-corrected chi connectivity index (χ2v) is 3.62. The van der Waals surface area contributed by atoms with Crippen LogP contribution in [0, 0.1) is 0 Å². The molecule has 0 aromatic rings. The molecule has 0 bridgehead atoms. The van der Waals surface area contributed by atoms with Crippen molar-refractivity contribution in [2.75, 3.05) is 19.8 Å². The first-order valence-corrected chi connectivity index (χ1v) is 4.71. The van der Waals surface area contributed by atoms with E-state index >= 15 is 0 Å². The molecule has 1 heterocycles. The minimum Gasteiger partial charge on any atom is -0.381 e. The van der Waals surface area contributed by atoms with Crippen LogP contribution in [-0.2, 0) is 4.74 Å². The van der Waals surface area contributed by atoms with Crippen LogP contribution in [0.1, 0.15) is 26.7 Å². The third-order valence-corrected chi connectivity index (χ3v) is 2.48. The average Bonchev–Trinajstić information content (AvgIpc) is 2.06. The van der Waals surface area contributed by atoms with Crippen LogP contribution in [0.15, 0.2) is 12.2 Å². The van der Waals surface area contributed by atoms with E-state index in [2.05, 4.69) is 24.4 Å². The van der Waals surface area contributed by atoms with Crippen molar-refractivity contribution in [3.8, 4) is 0 Å². The molecule has 0 saturated carbocycles. The van der Waals surface area contributed by atoms with Gasteiger partial charge in [0.15, 0.2) is 0 Å². The standard InChI is InChI=1S/C10H19NO/c1-3-4-7-11-10(2)5-8-12-9-6-10/h3-4,11H,5-9H2,1-2H3/b4-3+. The smallest absolute Gasteiger partial charge is 0.0483 e. The molecule has 0 aromatic heterocycles. The van der Waals surface area contributed by atoms with E-state index in [0.717, 1.165) is 32.6 Å². The molecule has 1 N–H and O–H groups in total. The summed E-state index contributed by atoms with van der Waals surface area (Å²) in [6.45, 7) is 7.11. The lowest BCUT2D eigenvalue weighted by Crippen LogP contribution is -2.46. The number of allylic oxidation sites excluding steroid dienone is 1. The summed E-state index contributed by atoms with van der Waals surface area (Å²) in [4.78, 5) is 0. The Morgan fingerprint density at radius 2 is 2.08 bits per heavy atom. The zero-order valence-electron chi connectivity index (χ0n) is 8.10. The van der Waals surface area contributed by atoms with E-state index in [-0.39, 0.29) is 0 Å². The molecule has 0 spiro atoms. The van der Waals surface area contributed by atoms with Crippen molar-refractivity contribution in [3.63, 3.8) is 0 Å². The molecule has 0 aromatic carbocycles. The Hall–Kier alpha value is -0.340. The minimum absolute atomic E-state index is 0.303. The van der Waals surface area contributed by atoms with Gasteiger partial charge in [-0.05, 0) is 26.7 Å². The number of hydrogen-bond donors (Lipinski definition) is 1. The topological polar surface area (TPSA) is 21.3 Å². The molecule has 12 heavy (non-hydrogen) atoms. The monoisotopic (exact) mass is 169 g/mol. The highest BCUT2D eigenvalue weighted by Gasteiger charge is 2.25. The third kappa shape index (κ3) is 2.95. The van der Waals surface area contributed by atoms with Crippen molar-refractivity contribution in [1.82, 2.24) is 5.32 Å². The van der Waals surface area contributed by atoms with Gasteiger partial charge in [-0.1, -0.05) is 12.2 Å². The second kappa shape index (κ2) is 4.63. The number of hydrogen-bond acceptors (Lipinski definition) is 2. The second-order valence-electron chi connectivity index (χ2n) is 3.62. The maximum atomic E-state index is 5.31. The maximum Gasteiger partial charge on any atom is 0.0483 e. The lowest BCUT2D eigenvalue weighted by Gasteiger charge is -2.34. The highest BCUT2D eigenvalue weighted by Crippen LogP contribution is 2.18. The van der Waals surface area contributed by atoms with Crippen LogP contribution in [0.3, 0.4) is 0 Å². The van der Waals surface area contributed by atoms with Gasteiger partial charge in [-0.25, -0.2) is 0 Å². The number of ether oxygens (including phenoxy) is 1. The van der Waals surface area contributed by atoms with E-state index in [1.165, 1.54) is 0 Å². The molecule has 0 unspecified atom stereocenters. The summed E-state index contributed by atoms with van der Waals surface area (Å²) in [7, 11) is 0. The first kappa shape index (κ1) is 9.75. The van der Waals surface area contributed by atoms with Crippen molar-refractivity contribution in [3.05, 3.63) is 12.2 Å². The molecule has 1 aliphatic heterocycles. The normalized spacial score (nSPS) is 23.2. The Balaban J connectivity index is 2.26. The Morgan fingerprint density at radius 1 is 1.42 bits per heavy atom. The molecule has 2 heteroatoms. The van der Waals surface area contributed by atoms with Crippen molar-refractivity contribution < 1.29 is 4.74 Å².